The lowest BCUT2D eigenvalue weighted by Crippen LogP contribution is -1.94. The molecule has 82 valence electrons. The van der Waals surface area contributed by atoms with Crippen LogP contribution in [0.3, 0.4) is 0 Å². The third-order valence-electron chi connectivity index (χ3n) is 1.92. The van der Waals surface area contributed by atoms with Crippen LogP contribution in [-0.4, -0.2) is 21.7 Å². The number of phenolic OH excluding ortho intramolecular Hbond substituents is 1. The number of halogens is 1. The molecule has 1 aromatic rings. The number of nitro benzene ring substituents is 1. The molecule has 0 heterocycles. The Kier molecular flexibility index (Phi) is 4.05. The fraction of sp³-hybridized carbons (Fsp3) is 0.333. The zero-order chi connectivity index (χ0) is 11.4. The highest BCUT2D eigenvalue weighted by atomic mass is 79.9. The Hall–Kier alpha value is -1.14. The maximum atomic E-state index is 10.6. The molecule has 0 saturated carbocycles. The summed E-state index contributed by atoms with van der Waals surface area (Å²) in [6.45, 7) is 0.0340. The topological polar surface area (TPSA) is 83.6 Å². The van der Waals surface area contributed by atoms with Crippen LogP contribution >= 0.6 is 15.9 Å². The average Bonchev–Trinajstić information content (AvgIpc) is 2.19. The smallest absolute Gasteiger partial charge is 0.312 e. The molecule has 1 rings (SSSR count). The number of aliphatic hydroxyl groups is 1. The van der Waals surface area contributed by atoms with Crippen molar-refractivity contribution in [2.45, 2.75) is 12.8 Å². The van der Waals surface area contributed by atoms with E-state index in [-0.39, 0.29) is 18.0 Å². The minimum atomic E-state index is -0.636. The number of hydrogen-bond donors (Lipinski definition) is 2. The first kappa shape index (κ1) is 11.9. The molecule has 2 N–H and O–H groups in total. The van der Waals surface area contributed by atoms with Crippen LogP contribution in [0.4, 0.5) is 5.69 Å². The lowest BCUT2D eigenvalue weighted by molar-refractivity contribution is -0.386. The second-order valence-corrected chi connectivity index (χ2v) is 3.88. The van der Waals surface area contributed by atoms with Gasteiger partial charge in [0.2, 0.25) is 5.75 Å². The molecule has 0 fully saturated rings. The number of hydrogen-bond acceptors (Lipinski definition) is 4. The van der Waals surface area contributed by atoms with E-state index >= 15 is 0 Å². The first-order chi connectivity index (χ1) is 7.06. The van der Waals surface area contributed by atoms with E-state index < -0.39 is 4.92 Å². The van der Waals surface area contributed by atoms with Gasteiger partial charge < -0.3 is 10.2 Å². The Morgan fingerprint density at radius 3 is 2.67 bits per heavy atom. The van der Waals surface area contributed by atoms with Crippen LogP contribution in [0.5, 0.6) is 5.75 Å². The predicted octanol–water partition coefficient (Wildman–Crippen LogP) is 1.99. The van der Waals surface area contributed by atoms with Crippen molar-refractivity contribution in [2.24, 2.45) is 0 Å². The van der Waals surface area contributed by atoms with Gasteiger partial charge in [0.05, 0.1) is 9.40 Å². The van der Waals surface area contributed by atoms with Crippen molar-refractivity contribution < 1.29 is 15.1 Å². The number of aromatic hydroxyl groups is 1. The lowest BCUT2D eigenvalue weighted by atomic mass is 10.1. The monoisotopic (exact) mass is 275 g/mol. The molecule has 0 unspecified atom stereocenters. The normalized spacial score (nSPS) is 10.3. The maximum absolute atomic E-state index is 10.6. The van der Waals surface area contributed by atoms with E-state index in [2.05, 4.69) is 15.9 Å². The highest BCUT2D eigenvalue weighted by Gasteiger charge is 2.17. The van der Waals surface area contributed by atoms with E-state index in [0.717, 1.165) is 0 Å². The summed E-state index contributed by atoms with van der Waals surface area (Å²) in [5.74, 6) is -0.368. The molecule has 0 aromatic heterocycles. The highest BCUT2D eigenvalue weighted by Crippen LogP contribution is 2.35. The van der Waals surface area contributed by atoms with E-state index in [1.54, 1.807) is 6.07 Å². The second-order valence-electron chi connectivity index (χ2n) is 3.03. The molecule has 1 aromatic carbocycles. The molecule has 0 saturated heterocycles. The van der Waals surface area contributed by atoms with Gasteiger partial charge in [-0.05, 0) is 40.4 Å². The fourth-order valence-corrected chi connectivity index (χ4v) is 1.70. The second kappa shape index (κ2) is 5.09. The summed E-state index contributed by atoms with van der Waals surface area (Å²) in [5.41, 5.74) is 0.387. The van der Waals surface area contributed by atoms with Crippen molar-refractivity contribution in [1.29, 1.82) is 0 Å². The average molecular weight is 276 g/mol. The summed E-state index contributed by atoms with van der Waals surface area (Å²) in [4.78, 5) is 9.94. The predicted molar refractivity (Wildman–Crippen MR) is 57.9 cm³/mol. The van der Waals surface area contributed by atoms with Crippen molar-refractivity contribution in [3.05, 3.63) is 32.3 Å². The maximum Gasteiger partial charge on any atom is 0.312 e. The van der Waals surface area contributed by atoms with Gasteiger partial charge in [0.25, 0.3) is 0 Å². The van der Waals surface area contributed by atoms with E-state index in [4.69, 9.17) is 5.11 Å². The number of nitro groups is 1. The quantitative estimate of drug-likeness (QED) is 0.650. The van der Waals surface area contributed by atoms with Gasteiger partial charge in [-0.2, -0.15) is 0 Å². The van der Waals surface area contributed by atoms with Gasteiger partial charge in [0, 0.05) is 12.7 Å². The first-order valence-electron chi connectivity index (χ1n) is 4.33. The van der Waals surface area contributed by atoms with E-state index in [1.165, 1.54) is 6.07 Å². The summed E-state index contributed by atoms with van der Waals surface area (Å²) < 4.78 is 0.296. The minimum Gasteiger partial charge on any atom is -0.501 e. The van der Waals surface area contributed by atoms with Crippen molar-refractivity contribution in [3.63, 3.8) is 0 Å². The number of aryl methyl sites for hydroxylation is 1. The van der Waals surface area contributed by atoms with Crippen LogP contribution < -0.4 is 0 Å². The van der Waals surface area contributed by atoms with E-state index in [1.807, 2.05) is 0 Å². The van der Waals surface area contributed by atoms with Crippen LogP contribution in [0, 0.1) is 10.1 Å². The van der Waals surface area contributed by atoms with Crippen LogP contribution in [0.25, 0.3) is 0 Å². The molecular formula is C9H10BrNO4. The lowest BCUT2D eigenvalue weighted by Gasteiger charge is -2.03. The number of nitrogens with zero attached hydrogens (tertiary/aromatic N) is 1. The highest BCUT2D eigenvalue weighted by molar-refractivity contribution is 9.10. The summed E-state index contributed by atoms with van der Waals surface area (Å²) in [5, 5.41) is 28.6. The van der Waals surface area contributed by atoms with Crippen LogP contribution in [0.15, 0.2) is 16.6 Å². The molecular weight excluding hydrogens is 266 g/mol. The van der Waals surface area contributed by atoms with Crippen molar-refractivity contribution in [2.75, 3.05) is 6.61 Å². The van der Waals surface area contributed by atoms with E-state index in [9.17, 15) is 15.2 Å². The minimum absolute atomic E-state index is 0.0340. The zero-order valence-electron chi connectivity index (χ0n) is 7.81. The Labute approximate surface area is 94.6 Å². The summed E-state index contributed by atoms with van der Waals surface area (Å²) in [6.07, 6.45) is 1.07. The van der Waals surface area contributed by atoms with Crippen molar-refractivity contribution in [1.82, 2.24) is 0 Å². The van der Waals surface area contributed by atoms with Crippen LogP contribution in [-0.2, 0) is 6.42 Å². The third-order valence-corrected chi connectivity index (χ3v) is 2.53. The largest absolute Gasteiger partial charge is 0.501 e. The number of aliphatic hydroxyl groups excluding tert-OH is 1. The summed E-state index contributed by atoms with van der Waals surface area (Å²) in [6, 6.07) is 2.92. The summed E-state index contributed by atoms with van der Waals surface area (Å²) in [7, 11) is 0. The van der Waals surface area contributed by atoms with Gasteiger partial charge in [-0.25, -0.2) is 0 Å². The van der Waals surface area contributed by atoms with Crippen LogP contribution in [0.1, 0.15) is 12.0 Å². The van der Waals surface area contributed by atoms with E-state index in [0.29, 0.717) is 22.9 Å². The number of phenols is 1. The van der Waals surface area contributed by atoms with Gasteiger partial charge in [-0.3, -0.25) is 10.1 Å². The Morgan fingerprint density at radius 1 is 1.47 bits per heavy atom. The molecule has 5 nitrogen and oxygen atoms in total. The van der Waals surface area contributed by atoms with Gasteiger partial charge in [-0.1, -0.05) is 0 Å². The van der Waals surface area contributed by atoms with Crippen LogP contribution in [0.2, 0.25) is 0 Å². The van der Waals surface area contributed by atoms with Gasteiger partial charge in [0.1, 0.15) is 0 Å². The molecule has 0 radical (unpaired) electrons. The van der Waals surface area contributed by atoms with Crippen molar-refractivity contribution >= 4 is 21.6 Å². The Bertz CT molecular complexity index is 381. The fourth-order valence-electron chi connectivity index (χ4n) is 1.21. The molecule has 0 amide bonds. The molecule has 6 heteroatoms. The van der Waals surface area contributed by atoms with Gasteiger partial charge in [-0.15, -0.1) is 0 Å². The molecule has 0 spiro atoms. The molecule has 15 heavy (non-hydrogen) atoms. The Balaban J connectivity index is 3.06. The third kappa shape index (κ3) is 2.90. The molecule has 0 atom stereocenters. The van der Waals surface area contributed by atoms with Gasteiger partial charge in [0.15, 0.2) is 0 Å². The number of benzene rings is 1. The molecule has 0 aliphatic heterocycles. The standard InChI is InChI=1S/C9H10BrNO4/c10-7-4-6(2-1-3-12)5-8(9(7)13)11(14)15/h4-5,12-13H,1-3H2. The summed E-state index contributed by atoms with van der Waals surface area (Å²) >= 11 is 3.04. The van der Waals surface area contributed by atoms with Crippen molar-refractivity contribution in [3.8, 4) is 5.75 Å². The zero-order valence-corrected chi connectivity index (χ0v) is 9.40. The Morgan fingerprint density at radius 2 is 2.13 bits per heavy atom. The first-order valence-corrected chi connectivity index (χ1v) is 5.12. The molecule has 0 bridgehead atoms. The van der Waals surface area contributed by atoms with Gasteiger partial charge >= 0.3 is 5.69 Å². The molecule has 0 aliphatic carbocycles. The number of rotatable bonds is 4. The SMILES string of the molecule is O=[N+]([O-])c1cc(CCCO)cc(Br)c1O. The molecule has 0 aliphatic rings.